The van der Waals surface area contributed by atoms with E-state index in [4.69, 9.17) is 9.47 Å². The number of carbonyl (C=O) groups is 1. The molecule has 0 spiro atoms. The first kappa shape index (κ1) is 23.3. The summed E-state index contributed by atoms with van der Waals surface area (Å²) >= 11 is 0. The second kappa shape index (κ2) is 9.33. The average Bonchev–Trinajstić information content (AvgIpc) is 3.60. The van der Waals surface area contributed by atoms with Crippen LogP contribution in [0.15, 0.2) is 54.6 Å². The van der Waals surface area contributed by atoms with E-state index in [0.717, 1.165) is 24.0 Å². The van der Waals surface area contributed by atoms with Crippen molar-refractivity contribution in [3.8, 4) is 22.6 Å². The van der Waals surface area contributed by atoms with E-state index < -0.39 is 23.5 Å². The SMILES string of the molecule is COc1ccc(F)c(-c2ccc3c(c2F)CCC3Oc2cccc(C(C3CC3)C(C)C(=O)O)c2)c1. The highest BCUT2D eigenvalue weighted by Gasteiger charge is 2.39. The van der Waals surface area contributed by atoms with E-state index in [9.17, 15) is 14.3 Å². The summed E-state index contributed by atoms with van der Waals surface area (Å²) < 4.78 is 41.4. The molecule has 2 aliphatic carbocycles. The number of benzene rings is 3. The summed E-state index contributed by atoms with van der Waals surface area (Å²) in [7, 11) is 1.49. The van der Waals surface area contributed by atoms with E-state index in [2.05, 4.69) is 0 Å². The molecule has 3 aromatic carbocycles. The lowest BCUT2D eigenvalue weighted by Gasteiger charge is -2.22. The molecule has 0 amide bonds. The van der Waals surface area contributed by atoms with Crippen LogP contribution < -0.4 is 9.47 Å². The van der Waals surface area contributed by atoms with Crippen LogP contribution in [0.4, 0.5) is 8.78 Å². The van der Waals surface area contributed by atoms with Gasteiger partial charge in [-0.1, -0.05) is 31.2 Å². The summed E-state index contributed by atoms with van der Waals surface area (Å²) in [4.78, 5) is 11.7. The molecule has 0 heterocycles. The number of methoxy groups -OCH3 is 1. The number of aliphatic carboxylic acids is 1. The lowest BCUT2D eigenvalue weighted by Crippen LogP contribution is -2.20. The molecular formula is C29H28F2O4. The molecule has 1 fully saturated rings. The molecule has 3 unspecified atom stereocenters. The zero-order chi connectivity index (χ0) is 24.7. The molecule has 182 valence electrons. The van der Waals surface area contributed by atoms with Gasteiger partial charge in [-0.2, -0.15) is 0 Å². The maximum Gasteiger partial charge on any atom is 0.306 e. The Hall–Kier alpha value is -3.41. The zero-order valence-corrected chi connectivity index (χ0v) is 19.8. The fourth-order valence-electron chi connectivity index (χ4n) is 5.33. The van der Waals surface area contributed by atoms with Crippen LogP contribution in [0, 0.1) is 23.5 Å². The Morgan fingerprint density at radius 2 is 1.80 bits per heavy atom. The number of halogens is 2. The molecule has 1 N–H and O–H groups in total. The van der Waals surface area contributed by atoms with Gasteiger partial charge < -0.3 is 14.6 Å². The number of carboxylic acid groups (broad SMARTS) is 1. The van der Waals surface area contributed by atoms with Gasteiger partial charge in [0.05, 0.1) is 13.0 Å². The molecule has 1 saturated carbocycles. The average molecular weight is 479 g/mol. The van der Waals surface area contributed by atoms with Gasteiger partial charge in [-0.05, 0) is 84.5 Å². The molecule has 35 heavy (non-hydrogen) atoms. The first-order chi connectivity index (χ1) is 16.9. The van der Waals surface area contributed by atoms with Gasteiger partial charge in [-0.15, -0.1) is 0 Å². The van der Waals surface area contributed by atoms with Gasteiger partial charge in [0.25, 0.3) is 0 Å². The molecular weight excluding hydrogens is 450 g/mol. The number of rotatable bonds is 8. The predicted molar refractivity (Wildman–Crippen MR) is 129 cm³/mol. The van der Waals surface area contributed by atoms with Crippen molar-refractivity contribution in [2.24, 2.45) is 11.8 Å². The van der Waals surface area contributed by atoms with Crippen LogP contribution in [0.25, 0.3) is 11.1 Å². The third-order valence-electron chi connectivity index (χ3n) is 7.33. The molecule has 0 saturated heterocycles. The number of fused-ring (bicyclic) bond motifs is 1. The Morgan fingerprint density at radius 1 is 1.00 bits per heavy atom. The van der Waals surface area contributed by atoms with Crippen LogP contribution in [0.5, 0.6) is 11.5 Å². The smallest absolute Gasteiger partial charge is 0.306 e. The number of hydrogen-bond donors (Lipinski definition) is 1. The number of carboxylic acids is 1. The molecule has 4 nitrogen and oxygen atoms in total. The molecule has 2 aliphatic rings. The lowest BCUT2D eigenvalue weighted by atomic mass is 9.83. The van der Waals surface area contributed by atoms with Crippen molar-refractivity contribution < 1.29 is 28.2 Å². The van der Waals surface area contributed by atoms with Gasteiger partial charge in [0.1, 0.15) is 29.2 Å². The van der Waals surface area contributed by atoms with E-state index in [1.165, 1.54) is 25.3 Å². The van der Waals surface area contributed by atoms with Crippen molar-refractivity contribution in [1.82, 2.24) is 0 Å². The summed E-state index contributed by atoms with van der Waals surface area (Å²) in [6.45, 7) is 1.76. The first-order valence-corrected chi connectivity index (χ1v) is 12.0. The molecule has 3 atom stereocenters. The topological polar surface area (TPSA) is 55.8 Å². The number of ether oxygens (including phenoxy) is 2. The fraction of sp³-hybridized carbons (Fsp3) is 0.345. The van der Waals surface area contributed by atoms with Crippen molar-refractivity contribution in [2.75, 3.05) is 7.11 Å². The summed E-state index contributed by atoms with van der Waals surface area (Å²) in [5.74, 6) is -0.772. The molecule has 0 aliphatic heterocycles. The standard InChI is InChI=1S/C29H28F2O4/c1-16(29(32)33)27(17-6-7-17)18-4-3-5-20(14-18)35-26-13-11-22-21(26)9-10-23(28(22)31)24-15-19(34-2)8-12-25(24)30/h3-5,8-10,12,14-17,26-27H,6-7,11,13H2,1-2H3,(H,32,33). The van der Waals surface area contributed by atoms with Crippen molar-refractivity contribution in [2.45, 2.75) is 44.6 Å². The van der Waals surface area contributed by atoms with Crippen LogP contribution >= 0.6 is 0 Å². The normalized spacial score (nSPS) is 18.6. The Bertz CT molecular complexity index is 1270. The molecule has 0 aromatic heterocycles. The van der Waals surface area contributed by atoms with Gasteiger partial charge in [-0.3, -0.25) is 4.79 Å². The molecule has 0 radical (unpaired) electrons. The Kier molecular flexibility index (Phi) is 6.22. The summed E-state index contributed by atoms with van der Waals surface area (Å²) in [6.07, 6.45) is 2.86. The molecule has 3 aromatic rings. The summed E-state index contributed by atoms with van der Waals surface area (Å²) in [5, 5.41) is 9.58. The van der Waals surface area contributed by atoms with Gasteiger partial charge in [0.2, 0.25) is 0 Å². The van der Waals surface area contributed by atoms with E-state index in [1.54, 1.807) is 13.0 Å². The van der Waals surface area contributed by atoms with Crippen molar-refractivity contribution in [3.63, 3.8) is 0 Å². The molecule has 6 heteroatoms. The summed E-state index contributed by atoms with van der Waals surface area (Å²) in [6, 6.07) is 15.3. The van der Waals surface area contributed by atoms with E-state index in [1.807, 2.05) is 30.3 Å². The van der Waals surface area contributed by atoms with E-state index in [-0.39, 0.29) is 23.1 Å². The van der Waals surface area contributed by atoms with E-state index >= 15 is 4.39 Å². The zero-order valence-electron chi connectivity index (χ0n) is 19.8. The Morgan fingerprint density at radius 3 is 2.51 bits per heavy atom. The Labute approximate surface area is 203 Å². The van der Waals surface area contributed by atoms with Gasteiger partial charge in [-0.25, -0.2) is 8.78 Å². The van der Waals surface area contributed by atoms with Crippen molar-refractivity contribution >= 4 is 5.97 Å². The fourth-order valence-corrected chi connectivity index (χ4v) is 5.33. The maximum atomic E-state index is 15.5. The second-order valence-corrected chi connectivity index (χ2v) is 9.55. The highest BCUT2D eigenvalue weighted by molar-refractivity contribution is 5.71. The van der Waals surface area contributed by atoms with Crippen LogP contribution in [-0.2, 0) is 11.2 Å². The Balaban J connectivity index is 1.41. The molecule has 0 bridgehead atoms. The van der Waals surface area contributed by atoms with E-state index in [0.29, 0.717) is 35.8 Å². The van der Waals surface area contributed by atoms with Crippen molar-refractivity contribution in [3.05, 3.63) is 82.9 Å². The van der Waals surface area contributed by atoms with Crippen molar-refractivity contribution in [1.29, 1.82) is 0 Å². The van der Waals surface area contributed by atoms with Gasteiger partial charge >= 0.3 is 5.97 Å². The monoisotopic (exact) mass is 478 g/mol. The maximum absolute atomic E-state index is 15.5. The van der Waals surface area contributed by atoms with Crippen LogP contribution in [0.3, 0.4) is 0 Å². The quantitative estimate of drug-likeness (QED) is 0.382. The van der Waals surface area contributed by atoms with Gasteiger partial charge in [0, 0.05) is 11.1 Å². The third kappa shape index (κ3) is 4.49. The van der Waals surface area contributed by atoms with Gasteiger partial charge in [0.15, 0.2) is 0 Å². The largest absolute Gasteiger partial charge is 0.497 e. The minimum absolute atomic E-state index is 0.0512. The number of hydrogen-bond acceptors (Lipinski definition) is 3. The first-order valence-electron chi connectivity index (χ1n) is 12.0. The van der Waals surface area contributed by atoms with Crippen LogP contribution in [0.2, 0.25) is 0 Å². The van der Waals surface area contributed by atoms with Crippen LogP contribution in [0.1, 0.15) is 54.9 Å². The third-order valence-corrected chi connectivity index (χ3v) is 7.33. The van der Waals surface area contributed by atoms with Crippen LogP contribution in [-0.4, -0.2) is 18.2 Å². The highest BCUT2D eigenvalue weighted by Crippen LogP contribution is 2.48. The summed E-state index contributed by atoms with van der Waals surface area (Å²) in [5.41, 5.74) is 2.64. The second-order valence-electron chi connectivity index (χ2n) is 9.55. The highest BCUT2D eigenvalue weighted by atomic mass is 19.1. The minimum Gasteiger partial charge on any atom is -0.497 e. The predicted octanol–water partition coefficient (Wildman–Crippen LogP) is 6.92. The lowest BCUT2D eigenvalue weighted by molar-refractivity contribution is -0.142. The minimum atomic E-state index is -0.795. The molecule has 5 rings (SSSR count).